The van der Waals surface area contributed by atoms with Crippen molar-refractivity contribution in [3.05, 3.63) is 23.9 Å². The van der Waals surface area contributed by atoms with Crippen LogP contribution in [-0.4, -0.2) is 47.6 Å². The molecule has 3 heterocycles. The summed E-state index contributed by atoms with van der Waals surface area (Å²) in [6, 6.07) is 4.72. The second kappa shape index (κ2) is 6.92. The normalized spacial score (nSPS) is 34.6. The van der Waals surface area contributed by atoms with Gasteiger partial charge in [0.05, 0.1) is 12.5 Å². The highest BCUT2D eigenvalue weighted by atomic mass is 16.5. The molecule has 2 aliphatic heterocycles. The van der Waals surface area contributed by atoms with E-state index in [1.807, 2.05) is 13.0 Å². The second-order valence-electron chi connectivity index (χ2n) is 7.35. The summed E-state index contributed by atoms with van der Waals surface area (Å²) in [5, 5.41) is 0. The lowest BCUT2D eigenvalue weighted by Gasteiger charge is -2.50. The maximum Gasteiger partial charge on any atom is 0.228 e. The number of nitrogens with one attached hydrogen (secondary N) is 2. The van der Waals surface area contributed by atoms with Crippen molar-refractivity contribution < 1.29 is 9.53 Å². The lowest BCUT2D eigenvalue weighted by Crippen LogP contribution is -2.61. The zero-order chi connectivity index (χ0) is 17.4. The number of aromatic nitrogens is 1. The van der Waals surface area contributed by atoms with E-state index in [1.54, 1.807) is 6.20 Å². The molecular weight excluding hydrogens is 316 g/mol. The number of rotatable bonds is 4. The van der Waals surface area contributed by atoms with Gasteiger partial charge in [-0.2, -0.15) is 0 Å². The van der Waals surface area contributed by atoms with Crippen LogP contribution in [0.15, 0.2) is 18.3 Å². The Bertz CT molecular complexity index is 638. The molecule has 5 atom stereocenters. The van der Waals surface area contributed by atoms with E-state index < -0.39 is 0 Å². The summed E-state index contributed by atoms with van der Waals surface area (Å²) in [4.78, 5) is 19.5. The van der Waals surface area contributed by atoms with Crippen LogP contribution < -0.4 is 15.6 Å². The zero-order valence-electron chi connectivity index (χ0n) is 15.1. The summed E-state index contributed by atoms with van der Waals surface area (Å²) in [5.41, 5.74) is 7.80. The number of ether oxygens (including phenoxy) is 1. The number of nitrogens with zero attached hydrogens (tertiary/aromatic N) is 2. The summed E-state index contributed by atoms with van der Waals surface area (Å²) < 4.78 is 5.76. The third kappa shape index (κ3) is 2.81. The summed E-state index contributed by atoms with van der Waals surface area (Å²) in [6.07, 6.45) is 5.06. The fourth-order valence-electron chi connectivity index (χ4n) is 5.13. The third-order valence-electron chi connectivity index (χ3n) is 6.22. The smallest absolute Gasteiger partial charge is 0.228 e. The van der Waals surface area contributed by atoms with Crippen LogP contribution in [0.2, 0.25) is 0 Å². The zero-order valence-corrected chi connectivity index (χ0v) is 15.1. The highest BCUT2D eigenvalue weighted by molar-refractivity contribution is 5.81. The van der Waals surface area contributed by atoms with Crippen LogP contribution in [-0.2, 0) is 4.79 Å². The molecule has 1 amide bonds. The van der Waals surface area contributed by atoms with Crippen LogP contribution in [0.5, 0.6) is 5.88 Å². The molecule has 0 spiro atoms. The van der Waals surface area contributed by atoms with Gasteiger partial charge in [0.1, 0.15) is 0 Å². The first-order valence-corrected chi connectivity index (χ1v) is 9.61. The molecule has 2 N–H and O–H groups in total. The maximum absolute atomic E-state index is 12.9. The highest BCUT2D eigenvalue weighted by Crippen LogP contribution is 2.45. The van der Waals surface area contributed by atoms with Crippen molar-refractivity contribution in [2.75, 3.05) is 19.7 Å². The number of likely N-dealkylation sites (tertiary alicyclic amines) is 1. The quantitative estimate of drug-likeness (QED) is 0.870. The van der Waals surface area contributed by atoms with E-state index >= 15 is 0 Å². The number of fused-ring (bicyclic) bond motifs is 3. The lowest BCUT2D eigenvalue weighted by atomic mass is 9.67. The van der Waals surface area contributed by atoms with Gasteiger partial charge >= 0.3 is 0 Å². The van der Waals surface area contributed by atoms with Gasteiger partial charge in [0.25, 0.3) is 0 Å². The number of pyridine rings is 1. The van der Waals surface area contributed by atoms with E-state index in [-0.39, 0.29) is 12.0 Å². The third-order valence-corrected chi connectivity index (χ3v) is 6.22. The first-order valence-electron chi connectivity index (χ1n) is 9.61. The Balaban J connectivity index is 1.60. The predicted molar refractivity (Wildman–Crippen MR) is 95.1 cm³/mol. The Morgan fingerprint density at radius 3 is 3.04 bits per heavy atom. The average Bonchev–Trinajstić information content (AvgIpc) is 3.13. The molecule has 136 valence electrons. The summed E-state index contributed by atoms with van der Waals surface area (Å²) >= 11 is 0. The van der Waals surface area contributed by atoms with E-state index in [0.717, 1.165) is 38.2 Å². The number of carbonyl (C=O) groups excluding carboxylic acids is 1. The first-order chi connectivity index (χ1) is 12.2. The molecule has 0 bridgehead atoms. The molecule has 1 aromatic rings. The topological polar surface area (TPSA) is 66.5 Å². The van der Waals surface area contributed by atoms with Gasteiger partial charge in [0.2, 0.25) is 11.8 Å². The van der Waals surface area contributed by atoms with Gasteiger partial charge in [-0.25, -0.2) is 4.98 Å². The van der Waals surface area contributed by atoms with Gasteiger partial charge in [0.15, 0.2) is 0 Å². The number of piperidine rings is 1. The fourth-order valence-corrected chi connectivity index (χ4v) is 5.13. The molecule has 6 nitrogen and oxygen atoms in total. The molecule has 0 aromatic carbocycles. The lowest BCUT2D eigenvalue weighted by molar-refractivity contribution is -0.146. The summed E-state index contributed by atoms with van der Waals surface area (Å²) in [7, 11) is 0. The minimum Gasteiger partial charge on any atom is -0.478 e. The minimum absolute atomic E-state index is 0.0927. The number of hydrazine groups is 1. The Hall–Kier alpha value is -1.66. The minimum atomic E-state index is 0.0927. The summed E-state index contributed by atoms with van der Waals surface area (Å²) in [5.74, 6) is 2.10. The molecule has 0 radical (unpaired) electrons. The Labute approximate surface area is 149 Å². The number of carbonyl (C=O) groups is 1. The molecule has 1 aromatic heterocycles. The maximum atomic E-state index is 12.9. The molecular formula is C19H28N4O2. The standard InChI is InChI=1S/C19H28N4O2/c1-3-23-16-10-12(13-6-5-9-20-18(13)25-4-2)7-8-14(16)17-15(19(23)24)11-21-22-17/h5-6,9,12,14-17,21-22H,3-4,7-8,10-11H2,1-2H3. The van der Waals surface area contributed by atoms with Crippen LogP contribution in [0, 0.1) is 11.8 Å². The van der Waals surface area contributed by atoms with Crippen molar-refractivity contribution in [1.82, 2.24) is 20.7 Å². The van der Waals surface area contributed by atoms with Crippen LogP contribution >= 0.6 is 0 Å². The number of hydrogen-bond donors (Lipinski definition) is 2. The molecule has 1 saturated carbocycles. The van der Waals surface area contributed by atoms with Crippen molar-refractivity contribution in [3.8, 4) is 5.88 Å². The van der Waals surface area contributed by atoms with Gasteiger partial charge in [0, 0.05) is 36.9 Å². The predicted octanol–water partition coefficient (Wildman–Crippen LogP) is 1.69. The number of amides is 1. The van der Waals surface area contributed by atoms with Crippen molar-refractivity contribution >= 4 is 5.91 Å². The summed E-state index contributed by atoms with van der Waals surface area (Å²) in [6.45, 7) is 6.27. The molecule has 3 fully saturated rings. The van der Waals surface area contributed by atoms with Gasteiger partial charge in [-0.15, -0.1) is 0 Å². The van der Waals surface area contributed by atoms with Crippen LogP contribution in [0.4, 0.5) is 0 Å². The van der Waals surface area contributed by atoms with E-state index in [0.29, 0.717) is 30.4 Å². The molecule has 1 aliphatic carbocycles. The van der Waals surface area contributed by atoms with Gasteiger partial charge in [-0.1, -0.05) is 6.07 Å². The Morgan fingerprint density at radius 1 is 1.36 bits per heavy atom. The monoisotopic (exact) mass is 344 g/mol. The molecule has 25 heavy (non-hydrogen) atoms. The van der Waals surface area contributed by atoms with Gasteiger partial charge in [-0.3, -0.25) is 15.6 Å². The van der Waals surface area contributed by atoms with Gasteiger partial charge in [-0.05, 0) is 51.0 Å². The fraction of sp³-hybridized carbons (Fsp3) is 0.684. The molecule has 4 rings (SSSR count). The van der Waals surface area contributed by atoms with Crippen LogP contribution in [0.1, 0.15) is 44.6 Å². The van der Waals surface area contributed by atoms with Crippen molar-refractivity contribution in [2.45, 2.75) is 51.1 Å². The van der Waals surface area contributed by atoms with E-state index in [9.17, 15) is 4.79 Å². The molecule has 5 unspecified atom stereocenters. The van der Waals surface area contributed by atoms with Crippen LogP contribution in [0.25, 0.3) is 0 Å². The van der Waals surface area contributed by atoms with Gasteiger partial charge < -0.3 is 9.64 Å². The van der Waals surface area contributed by atoms with Crippen LogP contribution in [0.3, 0.4) is 0 Å². The second-order valence-corrected chi connectivity index (χ2v) is 7.35. The van der Waals surface area contributed by atoms with E-state index in [4.69, 9.17) is 4.74 Å². The van der Waals surface area contributed by atoms with Crippen molar-refractivity contribution in [2.24, 2.45) is 11.8 Å². The Morgan fingerprint density at radius 2 is 2.24 bits per heavy atom. The van der Waals surface area contributed by atoms with Crippen molar-refractivity contribution in [3.63, 3.8) is 0 Å². The highest BCUT2D eigenvalue weighted by Gasteiger charge is 2.51. The van der Waals surface area contributed by atoms with E-state index in [1.165, 1.54) is 5.56 Å². The number of hydrogen-bond acceptors (Lipinski definition) is 5. The molecule has 2 saturated heterocycles. The largest absolute Gasteiger partial charge is 0.478 e. The Kier molecular flexibility index (Phi) is 4.65. The molecule has 3 aliphatic rings. The van der Waals surface area contributed by atoms with Crippen molar-refractivity contribution in [1.29, 1.82) is 0 Å². The molecule has 6 heteroatoms. The average molecular weight is 344 g/mol. The SMILES string of the molecule is CCOc1ncccc1C1CCC2C3NNCC3C(=O)N(CC)C2C1. The van der Waals surface area contributed by atoms with E-state index in [2.05, 4.69) is 33.7 Å². The first kappa shape index (κ1) is 16.8.